The first-order valence-electron chi connectivity index (χ1n) is 11.4. The molecule has 0 unspecified atom stereocenters. The molecule has 1 aromatic rings. The molecule has 0 radical (unpaired) electrons. The summed E-state index contributed by atoms with van der Waals surface area (Å²) in [7, 11) is 1.97. The van der Waals surface area contributed by atoms with Gasteiger partial charge in [0.25, 0.3) is 0 Å². The number of hydrogen-bond donors (Lipinski definition) is 3. The van der Waals surface area contributed by atoms with E-state index in [1.807, 2.05) is 14.0 Å². The number of likely N-dealkylation sites (N-methyl/N-ethyl adjacent to an activating group) is 1. The molecule has 1 aliphatic carbocycles. The average Bonchev–Trinajstić information content (AvgIpc) is 3.31. The number of alkyl halides is 1. The molecule has 1 saturated heterocycles. The topological polar surface area (TPSA) is 114 Å². The number of nitrogens with one attached hydrogen (secondary N) is 2. The van der Waals surface area contributed by atoms with Crippen molar-refractivity contribution in [2.75, 3.05) is 43.6 Å². The minimum absolute atomic E-state index is 0.0139. The van der Waals surface area contributed by atoms with E-state index in [2.05, 4.69) is 25.7 Å². The summed E-state index contributed by atoms with van der Waals surface area (Å²) in [6.45, 7) is 2.69. The highest BCUT2D eigenvalue weighted by molar-refractivity contribution is 5.80. The van der Waals surface area contributed by atoms with Crippen molar-refractivity contribution in [1.29, 1.82) is 0 Å². The Kier molecular flexibility index (Phi) is 8.73. The zero-order valence-corrected chi connectivity index (χ0v) is 19.1. The van der Waals surface area contributed by atoms with Crippen LogP contribution in [0, 0.1) is 17.7 Å². The molecule has 10 nitrogen and oxygen atoms in total. The minimum atomic E-state index is -0.985. The fourth-order valence-electron chi connectivity index (χ4n) is 4.67. The number of halogens is 2. The van der Waals surface area contributed by atoms with Crippen LogP contribution in [0.4, 0.5) is 20.4 Å². The zero-order chi connectivity index (χ0) is 24.0. The van der Waals surface area contributed by atoms with Crippen molar-refractivity contribution in [3.05, 3.63) is 11.6 Å². The minimum Gasteiger partial charge on any atom is -0.349 e. The molecule has 3 rings (SSSR count). The van der Waals surface area contributed by atoms with Crippen LogP contribution in [0.15, 0.2) is 0 Å². The monoisotopic (exact) mass is 469 g/mol. The Hall–Kier alpha value is -2.60. The number of rotatable bonds is 10. The molecule has 12 heteroatoms. The Labute approximate surface area is 192 Å². The number of anilines is 2. The van der Waals surface area contributed by atoms with Crippen LogP contribution in [0.25, 0.3) is 0 Å². The summed E-state index contributed by atoms with van der Waals surface area (Å²) in [5, 5.41) is 10.0. The molecule has 1 saturated carbocycles. The van der Waals surface area contributed by atoms with Crippen LogP contribution >= 0.6 is 0 Å². The van der Waals surface area contributed by atoms with Crippen LogP contribution < -0.4 is 15.8 Å². The van der Waals surface area contributed by atoms with Crippen molar-refractivity contribution >= 4 is 24.0 Å². The Bertz CT molecular complexity index is 825. The first kappa shape index (κ1) is 25.0. The van der Waals surface area contributed by atoms with Gasteiger partial charge in [0.1, 0.15) is 6.67 Å². The van der Waals surface area contributed by atoms with E-state index in [9.17, 15) is 19.2 Å². The lowest BCUT2D eigenvalue weighted by atomic mass is 9.92. The van der Waals surface area contributed by atoms with Crippen molar-refractivity contribution in [2.45, 2.75) is 51.7 Å². The number of carbonyl (C=O) groups is 2. The second-order valence-corrected chi connectivity index (χ2v) is 8.99. The van der Waals surface area contributed by atoms with Crippen molar-refractivity contribution < 1.29 is 23.6 Å². The maximum absolute atomic E-state index is 15.3. The number of carbonyl (C=O) groups excluding carboxylic acids is 2. The van der Waals surface area contributed by atoms with Crippen molar-refractivity contribution in [1.82, 2.24) is 25.4 Å². The van der Waals surface area contributed by atoms with Gasteiger partial charge in [-0.2, -0.15) is 4.39 Å². The summed E-state index contributed by atoms with van der Waals surface area (Å²) in [6, 6.07) is -0.0438. The third-order valence-electron chi connectivity index (χ3n) is 6.40. The van der Waals surface area contributed by atoms with Crippen LogP contribution in [0.5, 0.6) is 0 Å². The first-order valence-corrected chi connectivity index (χ1v) is 11.4. The van der Waals surface area contributed by atoms with Crippen molar-refractivity contribution in [3.8, 4) is 0 Å². The summed E-state index contributed by atoms with van der Waals surface area (Å²) in [6.07, 6.45) is 4.86. The molecular formula is C21H33F2N7O3. The Morgan fingerprint density at radius 1 is 1.33 bits per heavy atom. The van der Waals surface area contributed by atoms with Gasteiger partial charge in [-0.15, -0.1) is 0 Å². The average molecular weight is 470 g/mol. The SMILES string of the molecule is C[C@H]1CN(C)CCN1c1nc(CF)nc(NNC(=O)[C@@H](CC2CCCC2)CN(O)C=O)c1F. The maximum atomic E-state index is 15.3. The second-order valence-electron chi connectivity index (χ2n) is 8.99. The molecule has 1 aliphatic heterocycles. The number of aromatic nitrogens is 2. The quantitative estimate of drug-likeness (QED) is 0.270. The molecule has 0 aromatic carbocycles. The summed E-state index contributed by atoms with van der Waals surface area (Å²) in [5.74, 6) is -2.22. The highest BCUT2D eigenvalue weighted by Gasteiger charge is 2.29. The van der Waals surface area contributed by atoms with Gasteiger partial charge in [-0.05, 0) is 26.3 Å². The molecule has 2 heterocycles. The van der Waals surface area contributed by atoms with Gasteiger partial charge in [0, 0.05) is 25.7 Å². The second kappa shape index (κ2) is 11.5. The Morgan fingerprint density at radius 2 is 2.06 bits per heavy atom. The number of hydrogen-bond acceptors (Lipinski definition) is 8. The molecule has 3 N–H and O–H groups in total. The Balaban J connectivity index is 1.74. The van der Waals surface area contributed by atoms with Gasteiger partial charge in [0.05, 0.1) is 12.5 Å². The maximum Gasteiger partial charge on any atom is 0.243 e. The number of amides is 2. The molecular weight excluding hydrogens is 436 g/mol. The van der Waals surface area contributed by atoms with Gasteiger partial charge in [-0.3, -0.25) is 25.6 Å². The molecule has 0 spiro atoms. The lowest BCUT2D eigenvalue weighted by Gasteiger charge is -2.39. The van der Waals surface area contributed by atoms with Crippen molar-refractivity contribution in [2.24, 2.45) is 11.8 Å². The van der Waals surface area contributed by atoms with E-state index in [4.69, 9.17) is 0 Å². The van der Waals surface area contributed by atoms with E-state index in [0.29, 0.717) is 37.0 Å². The van der Waals surface area contributed by atoms with Gasteiger partial charge in [0.15, 0.2) is 17.5 Å². The molecule has 33 heavy (non-hydrogen) atoms. The van der Waals surface area contributed by atoms with E-state index < -0.39 is 24.3 Å². The van der Waals surface area contributed by atoms with Crippen molar-refractivity contribution in [3.63, 3.8) is 0 Å². The molecule has 2 fully saturated rings. The summed E-state index contributed by atoms with van der Waals surface area (Å²) >= 11 is 0. The zero-order valence-electron chi connectivity index (χ0n) is 19.1. The van der Waals surface area contributed by atoms with Crippen LogP contribution in [-0.2, 0) is 16.3 Å². The highest BCUT2D eigenvalue weighted by Crippen LogP contribution is 2.31. The molecule has 184 valence electrons. The summed E-state index contributed by atoms with van der Waals surface area (Å²) < 4.78 is 28.7. The lowest BCUT2D eigenvalue weighted by molar-refractivity contribution is -0.154. The fraction of sp³-hybridized carbons (Fsp3) is 0.714. The predicted molar refractivity (Wildman–Crippen MR) is 117 cm³/mol. The van der Waals surface area contributed by atoms with Gasteiger partial charge >= 0.3 is 0 Å². The van der Waals surface area contributed by atoms with E-state index >= 15 is 4.39 Å². The third kappa shape index (κ3) is 6.47. The van der Waals surface area contributed by atoms with Gasteiger partial charge < -0.3 is 9.80 Å². The van der Waals surface area contributed by atoms with Gasteiger partial charge in [0.2, 0.25) is 18.1 Å². The van der Waals surface area contributed by atoms with Crippen LogP contribution in [0.1, 0.15) is 44.9 Å². The molecule has 2 amide bonds. The van der Waals surface area contributed by atoms with Crippen LogP contribution in [0.3, 0.4) is 0 Å². The number of hydroxylamine groups is 2. The first-order chi connectivity index (χ1) is 15.8. The smallest absolute Gasteiger partial charge is 0.243 e. The normalized spacial score (nSPS) is 20.5. The standard InChI is InChI=1S/C21H33F2N7O3/c1-14-11-28(2)7-8-30(14)20-18(23)19(24-17(10-22)25-20)26-27-21(32)16(12-29(33)13-31)9-15-5-3-4-6-15/h13-16,33H,3-12H2,1-2H3,(H,27,32)(H,24,25,26)/t14-,16-/m0/s1. The van der Waals surface area contributed by atoms with Gasteiger partial charge in [-0.1, -0.05) is 25.7 Å². The molecule has 0 bridgehead atoms. The largest absolute Gasteiger partial charge is 0.349 e. The van der Waals surface area contributed by atoms with E-state index in [0.717, 1.165) is 25.7 Å². The van der Waals surface area contributed by atoms with Gasteiger partial charge in [-0.25, -0.2) is 19.4 Å². The molecule has 1 aromatic heterocycles. The van der Waals surface area contributed by atoms with E-state index in [-0.39, 0.29) is 36.5 Å². The van der Waals surface area contributed by atoms with Crippen LogP contribution in [-0.4, -0.2) is 76.7 Å². The van der Waals surface area contributed by atoms with E-state index in [1.165, 1.54) is 0 Å². The Morgan fingerprint density at radius 3 is 2.70 bits per heavy atom. The molecule has 2 aliphatic rings. The highest BCUT2D eigenvalue weighted by atomic mass is 19.1. The predicted octanol–water partition coefficient (Wildman–Crippen LogP) is 1.71. The summed E-state index contributed by atoms with van der Waals surface area (Å²) in [4.78, 5) is 35.4. The number of nitrogens with zero attached hydrogens (tertiary/aromatic N) is 5. The lowest BCUT2D eigenvalue weighted by Crippen LogP contribution is -2.51. The molecule has 2 atom stereocenters. The number of piperazine rings is 1. The number of hydrazine groups is 1. The third-order valence-corrected chi connectivity index (χ3v) is 6.40. The summed E-state index contributed by atoms with van der Waals surface area (Å²) in [5.41, 5.74) is 4.89. The van der Waals surface area contributed by atoms with Crippen LogP contribution in [0.2, 0.25) is 0 Å². The van der Waals surface area contributed by atoms with E-state index in [1.54, 1.807) is 4.90 Å². The fourth-order valence-corrected chi connectivity index (χ4v) is 4.67.